The van der Waals surface area contributed by atoms with Crippen molar-refractivity contribution >= 4 is 40.5 Å². The van der Waals surface area contributed by atoms with Crippen LogP contribution in [-0.4, -0.2) is 53.0 Å². The smallest absolute Gasteiger partial charge is 0.338 e. The number of hydrogen-bond donors (Lipinski definition) is 1. The first-order valence-electron chi connectivity index (χ1n) is 11.8. The highest BCUT2D eigenvalue weighted by Crippen LogP contribution is 2.18. The lowest BCUT2D eigenvalue weighted by Gasteiger charge is -2.10. The van der Waals surface area contributed by atoms with Gasteiger partial charge in [0.15, 0.2) is 0 Å². The molecule has 0 saturated carbocycles. The Kier molecular flexibility index (Phi) is 9.79. The molecule has 2 aromatic carbocycles. The van der Waals surface area contributed by atoms with Gasteiger partial charge >= 0.3 is 11.7 Å². The minimum Gasteiger partial charge on any atom is -0.461 e. The fourth-order valence-corrected chi connectivity index (χ4v) is 4.72. The molecule has 0 unspecified atom stereocenters. The van der Waals surface area contributed by atoms with Gasteiger partial charge in [-0.1, -0.05) is 24.3 Å². The number of amides is 1. The molecule has 1 amide bonds. The number of nitrogens with zero attached hydrogens (tertiary/aromatic N) is 3. The van der Waals surface area contributed by atoms with Gasteiger partial charge in [-0.15, -0.1) is 23.7 Å². The van der Waals surface area contributed by atoms with E-state index >= 15 is 0 Å². The van der Waals surface area contributed by atoms with E-state index < -0.39 is 23.1 Å². The summed E-state index contributed by atoms with van der Waals surface area (Å²) < 4.78 is 20.7. The maximum Gasteiger partial charge on any atom is 0.338 e. The summed E-state index contributed by atoms with van der Waals surface area (Å²) in [5.74, 6) is -1.22. The van der Waals surface area contributed by atoms with Crippen LogP contribution in [-0.2, 0) is 17.8 Å². The van der Waals surface area contributed by atoms with E-state index in [0.717, 1.165) is 21.5 Å². The van der Waals surface area contributed by atoms with Crippen molar-refractivity contribution in [2.75, 3.05) is 27.2 Å². The van der Waals surface area contributed by atoms with E-state index in [2.05, 4.69) is 5.32 Å². The third kappa shape index (κ3) is 6.99. The van der Waals surface area contributed by atoms with Crippen LogP contribution >= 0.6 is 23.7 Å². The van der Waals surface area contributed by atoms with Gasteiger partial charge in [0.25, 0.3) is 11.5 Å². The second kappa shape index (κ2) is 12.8. The molecule has 1 N–H and O–H groups in total. The number of ether oxygens (including phenoxy) is 1. The summed E-state index contributed by atoms with van der Waals surface area (Å²) in [4.78, 5) is 53.7. The van der Waals surface area contributed by atoms with Crippen molar-refractivity contribution in [1.29, 1.82) is 0 Å². The maximum absolute atomic E-state index is 13.2. The molecule has 12 heteroatoms. The Hall–Kier alpha value is -3.80. The lowest BCUT2D eigenvalue weighted by Crippen LogP contribution is -2.38. The third-order valence-corrected chi connectivity index (χ3v) is 7.09. The lowest BCUT2D eigenvalue weighted by atomic mass is 10.1. The first kappa shape index (κ1) is 29.8. The Morgan fingerprint density at radius 1 is 1.03 bits per heavy atom. The fraction of sp³-hybridized carbons (Fsp3) is 0.259. The molecule has 2 heterocycles. The minimum absolute atomic E-state index is 0. The third-order valence-electron chi connectivity index (χ3n) is 5.89. The molecule has 39 heavy (non-hydrogen) atoms. The van der Waals surface area contributed by atoms with Crippen LogP contribution in [0.15, 0.2) is 64.3 Å². The van der Waals surface area contributed by atoms with Gasteiger partial charge in [0.1, 0.15) is 22.1 Å². The SMILES string of the molecule is Cc1c(=O)n(Cc2ccc(C(=O)OCCN(C)C)cc2)c(=O)n2cc(C(=O)NCc3ccc(F)cc3)sc12.Cl. The average molecular weight is 575 g/mol. The number of fused-ring (bicyclic) bond motifs is 1. The number of carbonyl (C=O) groups is 2. The van der Waals surface area contributed by atoms with E-state index in [1.807, 2.05) is 19.0 Å². The number of carbonyl (C=O) groups excluding carboxylic acids is 2. The number of aromatic nitrogens is 2. The first-order chi connectivity index (χ1) is 18.1. The number of thiazole rings is 1. The summed E-state index contributed by atoms with van der Waals surface area (Å²) in [6.07, 6.45) is 1.41. The quantitative estimate of drug-likeness (QED) is 0.308. The molecular formula is C27H28ClFN4O5S. The van der Waals surface area contributed by atoms with Crippen LogP contribution in [0.2, 0.25) is 0 Å². The number of aryl methyl sites for hydroxylation is 1. The van der Waals surface area contributed by atoms with Crippen LogP contribution in [0, 0.1) is 12.7 Å². The number of rotatable bonds is 9. The maximum atomic E-state index is 13.2. The van der Waals surface area contributed by atoms with Crippen molar-refractivity contribution in [2.24, 2.45) is 0 Å². The van der Waals surface area contributed by atoms with Gasteiger partial charge < -0.3 is 15.0 Å². The number of halogens is 2. The predicted molar refractivity (Wildman–Crippen MR) is 150 cm³/mol. The van der Waals surface area contributed by atoms with Crippen molar-refractivity contribution in [3.8, 4) is 0 Å². The highest BCUT2D eigenvalue weighted by atomic mass is 35.5. The summed E-state index contributed by atoms with van der Waals surface area (Å²) in [7, 11) is 3.77. The van der Waals surface area contributed by atoms with Gasteiger partial charge in [-0.2, -0.15) is 0 Å². The molecule has 4 aromatic rings. The zero-order valence-electron chi connectivity index (χ0n) is 21.6. The van der Waals surface area contributed by atoms with E-state index in [1.165, 1.54) is 22.7 Å². The molecule has 0 radical (unpaired) electrons. The van der Waals surface area contributed by atoms with Gasteiger partial charge in [0.2, 0.25) is 0 Å². The molecule has 206 valence electrons. The van der Waals surface area contributed by atoms with Crippen molar-refractivity contribution in [3.63, 3.8) is 0 Å². The summed E-state index contributed by atoms with van der Waals surface area (Å²) in [5, 5.41) is 2.74. The summed E-state index contributed by atoms with van der Waals surface area (Å²) in [6.45, 7) is 2.67. The van der Waals surface area contributed by atoms with E-state index in [1.54, 1.807) is 43.3 Å². The Morgan fingerprint density at radius 2 is 1.67 bits per heavy atom. The summed E-state index contributed by atoms with van der Waals surface area (Å²) >= 11 is 1.05. The molecule has 0 spiro atoms. The van der Waals surface area contributed by atoms with Crippen molar-refractivity contribution < 1.29 is 18.7 Å². The van der Waals surface area contributed by atoms with E-state index in [4.69, 9.17) is 4.74 Å². The van der Waals surface area contributed by atoms with Crippen LogP contribution in [0.1, 0.15) is 36.7 Å². The van der Waals surface area contributed by atoms with Crippen molar-refractivity contribution in [1.82, 2.24) is 19.2 Å². The van der Waals surface area contributed by atoms with Crippen molar-refractivity contribution in [3.05, 3.63) is 109 Å². The number of benzene rings is 2. The monoisotopic (exact) mass is 574 g/mol. The van der Waals surface area contributed by atoms with Crippen LogP contribution in [0.3, 0.4) is 0 Å². The normalized spacial score (nSPS) is 10.9. The predicted octanol–water partition coefficient (Wildman–Crippen LogP) is 3.09. The van der Waals surface area contributed by atoms with Crippen LogP contribution in [0.5, 0.6) is 0 Å². The second-order valence-electron chi connectivity index (χ2n) is 9.01. The van der Waals surface area contributed by atoms with Gasteiger partial charge in [0, 0.05) is 24.8 Å². The van der Waals surface area contributed by atoms with E-state index in [-0.39, 0.29) is 42.8 Å². The molecule has 0 aliphatic carbocycles. The van der Waals surface area contributed by atoms with Crippen LogP contribution < -0.4 is 16.6 Å². The van der Waals surface area contributed by atoms with Gasteiger partial charge in [-0.25, -0.2) is 14.0 Å². The van der Waals surface area contributed by atoms with Gasteiger partial charge in [-0.3, -0.25) is 18.6 Å². The van der Waals surface area contributed by atoms with Gasteiger partial charge in [0.05, 0.1) is 12.1 Å². The summed E-state index contributed by atoms with van der Waals surface area (Å²) in [5.41, 5.74) is 1.06. The molecule has 0 aliphatic rings. The highest BCUT2D eigenvalue weighted by Gasteiger charge is 2.18. The Labute approximate surface area is 233 Å². The van der Waals surface area contributed by atoms with Crippen LogP contribution in [0.4, 0.5) is 4.39 Å². The molecule has 9 nitrogen and oxygen atoms in total. The highest BCUT2D eigenvalue weighted by molar-refractivity contribution is 7.19. The molecular weight excluding hydrogens is 547 g/mol. The Balaban J connectivity index is 0.00000420. The standard InChI is InChI=1S/C27H27FN4O5S.ClH/c1-17-24(34)31(15-19-4-8-20(9-5-19)26(35)37-13-12-30(2)3)27(36)32-16-22(38-25(17)32)23(33)29-14-18-6-10-21(28)11-7-18;/h4-11,16H,12-15H2,1-3H3,(H,29,33);1H. The Bertz CT molecular complexity index is 1590. The van der Waals surface area contributed by atoms with Gasteiger partial charge in [-0.05, 0) is 56.4 Å². The zero-order chi connectivity index (χ0) is 27.4. The van der Waals surface area contributed by atoms with E-state index in [0.29, 0.717) is 28.1 Å². The number of likely N-dealkylation sites (N-methyl/N-ethyl adjacent to an activating group) is 1. The minimum atomic E-state index is -0.573. The van der Waals surface area contributed by atoms with E-state index in [9.17, 15) is 23.6 Å². The van der Waals surface area contributed by atoms with Crippen molar-refractivity contribution in [2.45, 2.75) is 20.0 Å². The number of esters is 1. The molecule has 4 rings (SSSR count). The molecule has 0 fully saturated rings. The molecule has 0 bridgehead atoms. The number of hydrogen-bond acceptors (Lipinski definition) is 7. The lowest BCUT2D eigenvalue weighted by molar-refractivity contribution is 0.0481. The molecule has 2 aromatic heterocycles. The van der Waals surface area contributed by atoms with Crippen LogP contribution in [0.25, 0.3) is 4.83 Å². The topological polar surface area (TPSA) is 102 Å². The zero-order valence-corrected chi connectivity index (χ0v) is 23.2. The molecule has 0 aliphatic heterocycles. The largest absolute Gasteiger partial charge is 0.461 e. The average Bonchev–Trinajstić information content (AvgIpc) is 3.35. The summed E-state index contributed by atoms with van der Waals surface area (Å²) in [6, 6.07) is 12.3. The second-order valence-corrected chi connectivity index (χ2v) is 10.0. The molecule has 0 saturated heterocycles. The molecule has 0 atom stereocenters. The number of nitrogens with one attached hydrogen (secondary N) is 1. The fourth-order valence-electron chi connectivity index (χ4n) is 3.71. The Morgan fingerprint density at radius 3 is 2.31 bits per heavy atom. The first-order valence-corrected chi connectivity index (χ1v) is 12.6.